The molecule has 0 atom stereocenters. The molecular formula is C12H15ClOS. The van der Waals surface area contributed by atoms with Crippen molar-refractivity contribution in [1.29, 1.82) is 0 Å². The quantitative estimate of drug-likeness (QED) is 0.550. The van der Waals surface area contributed by atoms with Crippen LogP contribution in [0.2, 0.25) is 5.02 Å². The van der Waals surface area contributed by atoms with Gasteiger partial charge < -0.3 is 0 Å². The highest BCUT2D eigenvalue weighted by atomic mass is 35.5. The fraction of sp³-hybridized carbons (Fsp3) is 0.417. The first-order valence-electron chi connectivity index (χ1n) is 5.12. The van der Waals surface area contributed by atoms with Crippen LogP contribution in [0, 0.1) is 0 Å². The molecule has 15 heavy (non-hydrogen) atoms. The molecule has 0 aliphatic carbocycles. The summed E-state index contributed by atoms with van der Waals surface area (Å²) in [5.41, 5.74) is 0. The molecule has 1 nitrogen and oxygen atoms in total. The van der Waals surface area contributed by atoms with Crippen molar-refractivity contribution in [1.82, 2.24) is 0 Å². The molecule has 1 aromatic carbocycles. The van der Waals surface area contributed by atoms with Gasteiger partial charge in [-0.2, -0.15) is 0 Å². The predicted molar refractivity (Wildman–Crippen MR) is 66.7 cm³/mol. The van der Waals surface area contributed by atoms with Crippen molar-refractivity contribution < 1.29 is 4.79 Å². The SMILES string of the molecule is CCC(=O)CCCSc1ccc(Cl)cc1. The maximum absolute atomic E-state index is 11.0. The summed E-state index contributed by atoms with van der Waals surface area (Å²) in [7, 11) is 0. The van der Waals surface area contributed by atoms with Gasteiger partial charge in [-0.25, -0.2) is 0 Å². The van der Waals surface area contributed by atoms with E-state index in [9.17, 15) is 4.79 Å². The maximum atomic E-state index is 11.0. The van der Waals surface area contributed by atoms with Gasteiger partial charge in [-0.05, 0) is 36.4 Å². The highest BCUT2D eigenvalue weighted by molar-refractivity contribution is 7.99. The largest absolute Gasteiger partial charge is 0.300 e. The van der Waals surface area contributed by atoms with Gasteiger partial charge in [0.05, 0.1) is 0 Å². The summed E-state index contributed by atoms with van der Waals surface area (Å²) in [5, 5.41) is 0.764. The molecule has 0 saturated heterocycles. The van der Waals surface area contributed by atoms with Gasteiger partial charge in [0.25, 0.3) is 0 Å². The van der Waals surface area contributed by atoms with E-state index in [0.717, 1.165) is 17.2 Å². The summed E-state index contributed by atoms with van der Waals surface area (Å²) >= 11 is 7.55. The van der Waals surface area contributed by atoms with Crippen LogP contribution < -0.4 is 0 Å². The van der Waals surface area contributed by atoms with E-state index in [1.54, 1.807) is 11.8 Å². The topological polar surface area (TPSA) is 17.1 Å². The zero-order chi connectivity index (χ0) is 11.1. The minimum atomic E-state index is 0.353. The van der Waals surface area contributed by atoms with E-state index < -0.39 is 0 Å². The van der Waals surface area contributed by atoms with Crippen LogP contribution in [0.1, 0.15) is 26.2 Å². The first kappa shape index (κ1) is 12.6. The Bertz CT molecular complexity index is 308. The minimum absolute atomic E-state index is 0.353. The van der Waals surface area contributed by atoms with Gasteiger partial charge >= 0.3 is 0 Å². The summed E-state index contributed by atoms with van der Waals surface area (Å²) in [4.78, 5) is 12.3. The van der Waals surface area contributed by atoms with E-state index in [0.29, 0.717) is 18.6 Å². The molecule has 0 aromatic heterocycles. The van der Waals surface area contributed by atoms with Crippen molar-refractivity contribution in [2.45, 2.75) is 31.1 Å². The molecule has 82 valence electrons. The molecule has 0 spiro atoms. The van der Waals surface area contributed by atoms with Gasteiger partial charge in [0.15, 0.2) is 0 Å². The minimum Gasteiger partial charge on any atom is -0.300 e. The molecule has 0 saturated carbocycles. The average Bonchev–Trinajstić information content (AvgIpc) is 2.26. The lowest BCUT2D eigenvalue weighted by Gasteiger charge is -2.01. The second-order valence-electron chi connectivity index (χ2n) is 3.30. The lowest BCUT2D eigenvalue weighted by Crippen LogP contribution is -1.95. The molecule has 0 N–H and O–H groups in total. The summed E-state index contributed by atoms with van der Waals surface area (Å²) in [6.07, 6.45) is 2.32. The lowest BCUT2D eigenvalue weighted by molar-refractivity contribution is -0.118. The van der Waals surface area contributed by atoms with Gasteiger partial charge in [-0.1, -0.05) is 18.5 Å². The van der Waals surface area contributed by atoms with E-state index in [-0.39, 0.29) is 0 Å². The number of Topliss-reactive ketones (excluding diaryl/α,β-unsaturated/α-hetero) is 1. The molecular weight excluding hydrogens is 228 g/mol. The summed E-state index contributed by atoms with van der Waals surface area (Å²) < 4.78 is 0. The fourth-order valence-electron chi connectivity index (χ4n) is 1.17. The van der Waals surface area contributed by atoms with E-state index in [1.165, 1.54) is 4.90 Å². The molecule has 0 aliphatic heterocycles. The Morgan fingerprint density at radius 2 is 2.00 bits per heavy atom. The predicted octanol–water partition coefficient (Wildman–Crippen LogP) is 4.19. The van der Waals surface area contributed by atoms with Gasteiger partial charge in [-0.15, -0.1) is 11.8 Å². The summed E-state index contributed by atoms with van der Waals surface area (Å²) in [6, 6.07) is 7.80. The van der Waals surface area contributed by atoms with Gasteiger partial charge in [0, 0.05) is 22.8 Å². The summed E-state index contributed by atoms with van der Waals surface area (Å²) in [6.45, 7) is 1.91. The zero-order valence-corrected chi connectivity index (χ0v) is 10.4. The van der Waals surface area contributed by atoms with Crippen molar-refractivity contribution in [3.05, 3.63) is 29.3 Å². The Morgan fingerprint density at radius 3 is 2.60 bits per heavy atom. The second kappa shape index (κ2) is 6.91. The van der Waals surface area contributed by atoms with Gasteiger partial charge in [0.2, 0.25) is 0 Å². The monoisotopic (exact) mass is 242 g/mol. The molecule has 1 aromatic rings. The third-order valence-corrected chi connectivity index (χ3v) is 3.43. The third-order valence-electron chi connectivity index (χ3n) is 2.08. The fourth-order valence-corrected chi connectivity index (χ4v) is 2.15. The molecule has 0 radical (unpaired) electrons. The van der Waals surface area contributed by atoms with Crippen LogP contribution in [-0.2, 0) is 4.79 Å². The number of hydrogen-bond acceptors (Lipinski definition) is 2. The maximum Gasteiger partial charge on any atom is 0.132 e. The Balaban J connectivity index is 2.20. The number of carbonyl (C=O) groups is 1. The molecule has 0 amide bonds. The van der Waals surface area contributed by atoms with Crippen LogP contribution in [-0.4, -0.2) is 11.5 Å². The molecule has 0 heterocycles. The van der Waals surface area contributed by atoms with Gasteiger partial charge in [0.1, 0.15) is 5.78 Å². The van der Waals surface area contributed by atoms with Crippen LogP contribution in [0.5, 0.6) is 0 Å². The van der Waals surface area contributed by atoms with Crippen molar-refractivity contribution in [3.8, 4) is 0 Å². The average molecular weight is 243 g/mol. The number of hydrogen-bond donors (Lipinski definition) is 0. The van der Waals surface area contributed by atoms with Crippen molar-refractivity contribution >= 4 is 29.1 Å². The standard InChI is InChI=1S/C12H15ClOS/c1-2-11(14)4-3-9-15-12-7-5-10(13)6-8-12/h5-8H,2-4,9H2,1H3. The molecule has 1 rings (SSSR count). The summed E-state index contributed by atoms with van der Waals surface area (Å²) in [5.74, 6) is 1.35. The Kier molecular flexibility index (Phi) is 5.81. The van der Waals surface area contributed by atoms with Crippen molar-refractivity contribution in [3.63, 3.8) is 0 Å². The van der Waals surface area contributed by atoms with Crippen molar-refractivity contribution in [2.24, 2.45) is 0 Å². The van der Waals surface area contributed by atoms with E-state index in [2.05, 4.69) is 0 Å². The highest BCUT2D eigenvalue weighted by Gasteiger charge is 1.98. The first-order valence-corrected chi connectivity index (χ1v) is 6.49. The smallest absolute Gasteiger partial charge is 0.132 e. The molecule has 3 heteroatoms. The number of thioether (sulfide) groups is 1. The molecule has 0 bridgehead atoms. The molecule has 0 unspecified atom stereocenters. The lowest BCUT2D eigenvalue weighted by atomic mass is 10.2. The Morgan fingerprint density at radius 1 is 1.33 bits per heavy atom. The van der Waals surface area contributed by atoms with E-state index in [4.69, 9.17) is 11.6 Å². The first-order chi connectivity index (χ1) is 7.22. The van der Waals surface area contributed by atoms with E-state index >= 15 is 0 Å². The number of ketones is 1. The number of carbonyl (C=O) groups excluding carboxylic acids is 1. The number of benzene rings is 1. The third kappa shape index (κ3) is 5.24. The van der Waals surface area contributed by atoms with E-state index in [1.807, 2.05) is 31.2 Å². The highest BCUT2D eigenvalue weighted by Crippen LogP contribution is 2.21. The normalized spacial score (nSPS) is 10.3. The molecule has 0 aliphatic rings. The number of halogens is 1. The zero-order valence-electron chi connectivity index (χ0n) is 8.83. The van der Waals surface area contributed by atoms with Crippen molar-refractivity contribution in [2.75, 3.05) is 5.75 Å². The second-order valence-corrected chi connectivity index (χ2v) is 4.90. The molecule has 0 fully saturated rings. The van der Waals surface area contributed by atoms with Crippen LogP contribution >= 0.6 is 23.4 Å². The van der Waals surface area contributed by atoms with Crippen LogP contribution in [0.4, 0.5) is 0 Å². The Hall–Kier alpha value is -0.470. The van der Waals surface area contributed by atoms with Crippen LogP contribution in [0.15, 0.2) is 29.2 Å². The van der Waals surface area contributed by atoms with Crippen LogP contribution in [0.25, 0.3) is 0 Å². The van der Waals surface area contributed by atoms with Gasteiger partial charge in [-0.3, -0.25) is 4.79 Å². The Labute approximate surface area is 100 Å². The van der Waals surface area contributed by atoms with Crippen LogP contribution in [0.3, 0.4) is 0 Å². The number of rotatable bonds is 6.